The van der Waals surface area contributed by atoms with Crippen molar-refractivity contribution >= 4 is 17.6 Å². The van der Waals surface area contributed by atoms with E-state index < -0.39 is 5.91 Å². The van der Waals surface area contributed by atoms with Gasteiger partial charge < -0.3 is 29.9 Å². The van der Waals surface area contributed by atoms with E-state index in [4.69, 9.17) is 15.2 Å². The lowest BCUT2D eigenvalue weighted by Gasteiger charge is -2.47. The maximum absolute atomic E-state index is 12.0. The largest absolute Gasteiger partial charge is 0.462 e. The summed E-state index contributed by atoms with van der Waals surface area (Å²) in [6.45, 7) is 7.53. The quantitative estimate of drug-likeness (QED) is 0.521. The third kappa shape index (κ3) is 4.87. The van der Waals surface area contributed by atoms with Gasteiger partial charge in [-0.2, -0.15) is 15.2 Å². The van der Waals surface area contributed by atoms with Crippen molar-refractivity contribution in [2.24, 2.45) is 11.1 Å². The van der Waals surface area contributed by atoms with Gasteiger partial charge in [0.1, 0.15) is 18.4 Å². The minimum absolute atomic E-state index is 0.000928. The van der Waals surface area contributed by atoms with Crippen molar-refractivity contribution in [1.82, 2.24) is 19.8 Å². The van der Waals surface area contributed by atoms with E-state index >= 15 is 0 Å². The summed E-state index contributed by atoms with van der Waals surface area (Å²) in [5.74, 6) is -0.129. The summed E-state index contributed by atoms with van der Waals surface area (Å²) < 4.78 is 12.1. The summed E-state index contributed by atoms with van der Waals surface area (Å²) in [5.41, 5.74) is 5.79. The van der Waals surface area contributed by atoms with E-state index in [0.29, 0.717) is 38.6 Å². The first-order chi connectivity index (χ1) is 18.3. The van der Waals surface area contributed by atoms with Crippen LogP contribution in [0.3, 0.4) is 0 Å². The molecule has 3 saturated heterocycles. The molecule has 1 aromatic carbocycles. The summed E-state index contributed by atoms with van der Waals surface area (Å²) in [6.07, 6.45) is 4.30. The van der Waals surface area contributed by atoms with Crippen LogP contribution in [0.25, 0.3) is 0 Å². The zero-order valence-corrected chi connectivity index (χ0v) is 21.4. The number of carbonyl (C=O) groups is 2. The maximum Gasteiger partial charge on any atom is 0.321 e. The number of likely N-dealkylation sites (N-methyl/N-ethyl adjacent to an activating group) is 1. The third-order valence-electron chi connectivity index (χ3n) is 7.66. The van der Waals surface area contributed by atoms with E-state index in [1.165, 1.54) is 6.08 Å². The van der Waals surface area contributed by atoms with Crippen molar-refractivity contribution in [2.75, 3.05) is 51.3 Å². The second kappa shape index (κ2) is 10.3. The van der Waals surface area contributed by atoms with E-state index in [2.05, 4.69) is 34.6 Å². The van der Waals surface area contributed by atoms with Crippen LogP contribution in [0.15, 0.2) is 36.9 Å². The molecular formula is C27H31N7O4. The Morgan fingerprint density at radius 1 is 1.26 bits per heavy atom. The lowest BCUT2D eigenvalue weighted by atomic mass is 9.79. The molecule has 3 aliphatic heterocycles. The van der Waals surface area contributed by atoms with Crippen LogP contribution in [-0.2, 0) is 4.79 Å². The molecule has 2 amide bonds. The Morgan fingerprint density at radius 3 is 2.74 bits per heavy atom. The van der Waals surface area contributed by atoms with Gasteiger partial charge in [-0.15, -0.1) is 0 Å². The first-order valence-corrected chi connectivity index (χ1v) is 12.7. The smallest absolute Gasteiger partial charge is 0.321 e. The Bertz CT molecular complexity index is 1300. The molecule has 11 nitrogen and oxygen atoms in total. The molecule has 0 radical (unpaired) electrons. The molecule has 5 rings (SSSR count). The van der Waals surface area contributed by atoms with Crippen LogP contribution < -0.4 is 20.1 Å². The summed E-state index contributed by atoms with van der Waals surface area (Å²) in [4.78, 5) is 39.1. The molecule has 1 atom stereocenters. The number of aromatic nitrogens is 2. The Hall–Kier alpha value is -4.17. The molecule has 0 unspecified atom stereocenters. The molecule has 3 fully saturated rings. The Balaban J connectivity index is 1.46. The van der Waals surface area contributed by atoms with Crippen LogP contribution >= 0.6 is 0 Å². The van der Waals surface area contributed by atoms with Crippen LogP contribution in [-0.4, -0.2) is 84.0 Å². The number of nitrogens with two attached hydrogens (primary N) is 1. The van der Waals surface area contributed by atoms with Crippen molar-refractivity contribution in [1.29, 1.82) is 5.26 Å². The number of amides is 2. The number of ether oxygens (including phenoxy) is 2. The topological polar surface area (TPSA) is 138 Å². The Kier molecular flexibility index (Phi) is 6.91. The van der Waals surface area contributed by atoms with Gasteiger partial charge in [-0.3, -0.25) is 9.59 Å². The predicted octanol–water partition coefficient (Wildman–Crippen LogP) is 1.94. The van der Waals surface area contributed by atoms with Gasteiger partial charge in [0.15, 0.2) is 11.4 Å². The minimum Gasteiger partial charge on any atom is -0.462 e. The number of anilines is 1. The zero-order chi connectivity index (χ0) is 26.9. The maximum atomic E-state index is 12.0. The highest BCUT2D eigenvalue weighted by Gasteiger charge is 2.49. The van der Waals surface area contributed by atoms with Crippen molar-refractivity contribution < 1.29 is 19.1 Å². The highest BCUT2D eigenvalue weighted by molar-refractivity contribution is 5.95. The van der Waals surface area contributed by atoms with Crippen molar-refractivity contribution in [2.45, 2.75) is 25.3 Å². The van der Waals surface area contributed by atoms with Crippen LogP contribution in [0.2, 0.25) is 0 Å². The second-order valence-corrected chi connectivity index (χ2v) is 10.2. The molecule has 38 heavy (non-hydrogen) atoms. The molecule has 2 N–H and O–H groups in total. The molecule has 1 spiro atoms. The molecule has 3 aliphatic rings. The number of rotatable bonds is 8. The standard InChI is InChI=1S/C27H31N7O4/c1-3-22(35)34-16-27(17-34)10-12-33(15-27)24-20(13-28)25(38-21-9-5-4-8-19(21)23(29)36)31-26(30-24)37-14-18-7-6-11-32(18)2/h3-5,8-9,18H,1,6-7,10-12,14-17H2,2H3,(H2,29,36)/t18-/m0/s1. The molecular weight excluding hydrogens is 486 g/mol. The number of benzene rings is 1. The van der Waals surface area contributed by atoms with Gasteiger partial charge in [0.2, 0.25) is 11.8 Å². The van der Waals surface area contributed by atoms with Gasteiger partial charge in [0.25, 0.3) is 5.91 Å². The molecule has 0 saturated carbocycles. The normalized spacial score (nSPS) is 20.2. The van der Waals surface area contributed by atoms with Crippen LogP contribution in [0.4, 0.5) is 5.82 Å². The second-order valence-electron chi connectivity index (χ2n) is 10.2. The fourth-order valence-electron chi connectivity index (χ4n) is 5.52. The number of para-hydroxylation sites is 1. The highest BCUT2D eigenvalue weighted by Crippen LogP contribution is 2.43. The summed E-state index contributed by atoms with van der Waals surface area (Å²) in [5, 5.41) is 10.2. The molecule has 198 valence electrons. The number of likely N-dealkylation sites (tertiary alicyclic amines) is 2. The number of nitriles is 1. The lowest BCUT2D eigenvalue weighted by Crippen LogP contribution is -2.59. The third-order valence-corrected chi connectivity index (χ3v) is 7.66. The van der Waals surface area contributed by atoms with E-state index in [0.717, 1.165) is 25.8 Å². The van der Waals surface area contributed by atoms with E-state index in [1.807, 2.05) is 4.90 Å². The van der Waals surface area contributed by atoms with Gasteiger partial charge in [-0.05, 0) is 51.1 Å². The molecule has 2 aromatic rings. The summed E-state index contributed by atoms with van der Waals surface area (Å²) in [6, 6.07) is 9.08. The average molecular weight is 518 g/mol. The van der Waals surface area contributed by atoms with Crippen molar-refractivity contribution in [3.05, 3.63) is 48.0 Å². The summed E-state index contributed by atoms with van der Waals surface area (Å²) in [7, 11) is 2.06. The van der Waals surface area contributed by atoms with Gasteiger partial charge in [-0.25, -0.2) is 0 Å². The van der Waals surface area contributed by atoms with E-state index in [-0.39, 0.29) is 46.1 Å². The van der Waals surface area contributed by atoms with Gasteiger partial charge >= 0.3 is 6.01 Å². The number of hydrogen-bond donors (Lipinski definition) is 1. The predicted molar refractivity (Wildman–Crippen MR) is 139 cm³/mol. The SMILES string of the molecule is C=CC(=O)N1CC2(CCN(c3nc(OC[C@@H]4CCCN4C)nc(Oc4ccccc4C(N)=O)c3C#N)C2)C1. The Morgan fingerprint density at radius 2 is 2.05 bits per heavy atom. The van der Waals surface area contributed by atoms with E-state index in [9.17, 15) is 14.9 Å². The van der Waals surface area contributed by atoms with E-state index in [1.54, 1.807) is 29.2 Å². The number of primary amides is 1. The van der Waals surface area contributed by atoms with Crippen LogP contribution in [0.1, 0.15) is 35.2 Å². The van der Waals surface area contributed by atoms with Gasteiger partial charge in [0.05, 0.1) is 5.56 Å². The first kappa shape index (κ1) is 25.5. The van der Waals surface area contributed by atoms with Crippen molar-refractivity contribution in [3.8, 4) is 23.7 Å². The summed E-state index contributed by atoms with van der Waals surface area (Å²) >= 11 is 0. The first-order valence-electron chi connectivity index (χ1n) is 12.7. The van der Waals surface area contributed by atoms with Crippen LogP contribution in [0.5, 0.6) is 17.6 Å². The van der Waals surface area contributed by atoms with Crippen LogP contribution in [0, 0.1) is 16.7 Å². The average Bonchev–Trinajstić information content (AvgIpc) is 3.52. The number of nitrogens with zero attached hydrogens (tertiary/aromatic N) is 6. The van der Waals surface area contributed by atoms with Crippen molar-refractivity contribution in [3.63, 3.8) is 0 Å². The monoisotopic (exact) mass is 517 g/mol. The number of hydrogen-bond acceptors (Lipinski definition) is 9. The molecule has 0 aliphatic carbocycles. The fraction of sp³-hybridized carbons (Fsp3) is 0.444. The van der Waals surface area contributed by atoms with Gasteiger partial charge in [0, 0.05) is 37.6 Å². The molecule has 11 heteroatoms. The zero-order valence-electron chi connectivity index (χ0n) is 21.4. The molecule has 1 aromatic heterocycles. The minimum atomic E-state index is -0.653. The molecule has 4 heterocycles. The highest BCUT2D eigenvalue weighted by atomic mass is 16.5. The fourth-order valence-corrected chi connectivity index (χ4v) is 5.52. The number of carbonyl (C=O) groups excluding carboxylic acids is 2. The Labute approximate surface area is 221 Å². The lowest BCUT2D eigenvalue weighted by molar-refractivity contribution is -0.136. The van der Waals surface area contributed by atoms with Gasteiger partial charge in [-0.1, -0.05) is 18.7 Å². The molecule has 0 bridgehead atoms.